The highest BCUT2D eigenvalue weighted by Crippen LogP contribution is 2.47. The van der Waals surface area contributed by atoms with Crippen LogP contribution in [0, 0.1) is 17.2 Å². The SMILES string of the molecule is CC1=C(c2ccc(C#N)cc2)C(c2ccc(OC[C@H](C)N3CC[C@@H](CF)C3)cc2)Oc2ccc(O)cc21. The number of halogens is 1. The van der Waals surface area contributed by atoms with Crippen LogP contribution in [0.25, 0.3) is 11.1 Å². The zero-order valence-electron chi connectivity index (χ0n) is 21.2. The van der Waals surface area contributed by atoms with Crippen molar-refractivity contribution in [2.24, 2.45) is 5.92 Å². The maximum absolute atomic E-state index is 13.0. The van der Waals surface area contributed by atoms with Crippen LogP contribution < -0.4 is 9.47 Å². The zero-order valence-corrected chi connectivity index (χ0v) is 21.2. The van der Waals surface area contributed by atoms with Gasteiger partial charge in [0.15, 0.2) is 0 Å². The second kappa shape index (κ2) is 10.7. The number of hydrogen-bond donors (Lipinski definition) is 1. The van der Waals surface area contributed by atoms with Gasteiger partial charge in [0.05, 0.1) is 18.3 Å². The molecule has 3 aromatic carbocycles. The molecule has 5 rings (SSSR count). The van der Waals surface area contributed by atoms with Crippen LogP contribution in [0.2, 0.25) is 0 Å². The summed E-state index contributed by atoms with van der Waals surface area (Å²) in [6.45, 7) is 6.16. The van der Waals surface area contributed by atoms with Crippen molar-refractivity contribution in [1.29, 1.82) is 5.26 Å². The fourth-order valence-corrected chi connectivity index (χ4v) is 5.22. The van der Waals surface area contributed by atoms with Gasteiger partial charge in [-0.15, -0.1) is 0 Å². The van der Waals surface area contributed by atoms with E-state index in [1.54, 1.807) is 30.3 Å². The molecular weight excluding hydrogens is 467 g/mol. The summed E-state index contributed by atoms with van der Waals surface area (Å²) >= 11 is 0. The average Bonchev–Trinajstić information content (AvgIpc) is 3.42. The Balaban J connectivity index is 1.38. The van der Waals surface area contributed by atoms with E-state index in [0.717, 1.165) is 53.1 Å². The molecule has 1 fully saturated rings. The predicted octanol–water partition coefficient (Wildman–Crippen LogP) is 6.39. The highest BCUT2D eigenvalue weighted by molar-refractivity contribution is 5.95. The van der Waals surface area contributed by atoms with Gasteiger partial charge in [-0.1, -0.05) is 24.3 Å². The second-order valence-corrected chi connectivity index (χ2v) is 9.94. The average molecular weight is 499 g/mol. The van der Waals surface area contributed by atoms with Crippen LogP contribution >= 0.6 is 0 Å². The Morgan fingerprint density at radius 1 is 1.14 bits per heavy atom. The van der Waals surface area contributed by atoms with E-state index in [0.29, 0.717) is 17.9 Å². The third-order valence-electron chi connectivity index (χ3n) is 7.44. The topological polar surface area (TPSA) is 65.7 Å². The second-order valence-electron chi connectivity index (χ2n) is 9.94. The van der Waals surface area contributed by atoms with Crippen molar-refractivity contribution >= 4 is 11.1 Å². The molecule has 2 heterocycles. The maximum atomic E-state index is 13.0. The van der Waals surface area contributed by atoms with Crippen molar-refractivity contribution in [1.82, 2.24) is 4.90 Å². The van der Waals surface area contributed by atoms with Gasteiger partial charge in [-0.3, -0.25) is 9.29 Å². The number of likely N-dealkylation sites (tertiary alicyclic amines) is 1. The summed E-state index contributed by atoms with van der Waals surface area (Å²) in [5.41, 5.74) is 5.38. The number of fused-ring (bicyclic) bond motifs is 1. The zero-order chi connectivity index (χ0) is 25.9. The van der Waals surface area contributed by atoms with Crippen LogP contribution in [-0.4, -0.2) is 42.4 Å². The number of hydrogen-bond acceptors (Lipinski definition) is 5. The highest BCUT2D eigenvalue weighted by Gasteiger charge is 2.30. The number of rotatable bonds is 7. The van der Waals surface area contributed by atoms with Crippen LogP contribution in [0.4, 0.5) is 4.39 Å². The molecule has 190 valence electrons. The molecule has 6 heteroatoms. The fraction of sp³-hybridized carbons (Fsp3) is 0.323. The van der Waals surface area contributed by atoms with Gasteiger partial charge < -0.3 is 14.6 Å². The van der Waals surface area contributed by atoms with Crippen molar-refractivity contribution in [3.05, 3.63) is 89.0 Å². The minimum Gasteiger partial charge on any atom is -0.508 e. The first-order valence-electron chi connectivity index (χ1n) is 12.7. The van der Waals surface area contributed by atoms with Gasteiger partial charge in [0, 0.05) is 29.6 Å². The Morgan fingerprint density at radius 3 is 2.57 bits per heavy atom. The number of aromatic hydroxyl groups is 1. The van der Waals surface area contributed by atoms with E-state index in [1.165, 1.54) is 0 Å². The monoisotopic (exact) mass is 498 g/mol. The normalized spacial score (nSPS) is 20.2. The molecule has 2 aliphatic heterocycles. The van der Waals surface area contributed by atoms with Gasteiger partial charge >= 0.3 is 0 Å². The Morgan fingerprint density at radius 2 is 1.89 bits per heavy atom. The third kappa shape index (κ3) is 5.19. The number of phenolic OH excluding ortho intramolecular Hbond substituents is 1. The smallest absolute Gasteiger partial charge is 0.150 e. The summed E-state index contributed by atoms with van der Waals surface area (Å²) in [5.74, 6) is 1.82. The molecular formula is C31H31FN2O3. The molecule has 0 aliphatic carbocycles. The molecule has 0 spiro atoms. The highest BCUT2D eigenvalue weighted by atomic mass is 19.1. The summed E-state index contributed by atoms with van der Waals surface area (Å²) in [6.07, 6.45) is 0.550. The van der Waals surface area contributed by atoms with E-state index < -0.39 is 0 Å². The number of nitrogens with zero attached hydrogens (tertiary/aromatic N) is 2. The number of ether oxygens (including phenoxy) is 2. The standard InChI is InChI=1S/C31H31FN2O3/c1-20(34-14-13-23(16-32)18-34)19-36-27-10-7-25(8-11-27)31-30(24-5-3-22(17-33)4-6-24)21(2)28-15-26(35)9-12-29(28)37-31/h3-12,15,20,23,31,35H,13-14,16,18-19H2,1-2H3/t20-,23-,31?/m0/s1. The van der Waals surface area contributed by atoms with Crippen LogP contribution in [0.5, 0.6) is 17.2 Å². The molecule has 1 N–H and O–H groups in total. The van der Waals surface area contributed by atoms with Crippen molar-refractivity contribution < 1.29 is 19.0 Å². The number of phenols is 1. The summed E-state index contributed by atoms with van der Waals surface area (Å²) in [7, 11) is 0. The molecule has 3 atom stereocenters. The van der Waals surface area contributed by atoms with Gasteiger partial charge in [-0.25, -0.2) is 0 Å². The molecule has 1 saturated heterocycles. The Labute approximate surface area is 217 Å². The van der Waals surface area contributed by atoms with Crippen molar-refractivity contribution in [2.45, 2.75) is 32.4 Å². The first-order chi connectivity index (χ1) is 18.0. The lowest BCUT2D eigenvalue weighted by molar-refractivity contribution is 0.165. The van der Waals surface area contributed by atoms with E-state index in [9.17, 15) is 14.8 Å². The van der Waals surface area contributed by atoms with Gasteiger partial charge in [-0.2, -0.15) is 5.26 Å². The molecule has 37 heavy (non-hydrogen) atoms. The molecule has 0 amide bonds. The maximum Gasteiger partial charge on any atom is 0.150 e. The summed E-state index contributed by atoms with van der Waals surface area (Å²) in [5, 5.41) is 19.3. The van der Waals surface area contributed by atoms with E-state index in [-0.39, 0.29) is 30.5 Å². The molecule has 0 saturated carbocycles. The minimum atomic E-state index is -0.361. The Bertz CT molecular complexity index is 1330. The Kier molecular flexibility index (Phi) is 7.16. The van der Waals surface area contributed by atoms with Gasteiger partial charge in [0.25, 0.3) is 0 Å². The van der Waals surface area contributed by atoms with E-state index >= 15 is 0 Å². The lowest BCUT2D eigenvalue weighted by Gasteiger charge is -2.31. The van der Waals surface area contributed by atoms with E-state index in [4.69, 9.17) is 9.47 Å². The fourth-order valence-electron chi connectivity index (χ4n) is 5.22. The molecule has 5 nitrogen and oxygen atoms in total. The van der Waals surface area contributed by atoms with E-state index in [2.05, 4.69) is 17.9 Å². The largest absolute Gasteiger partial charge is 0.508 e. The van der Waals surface area contributed by atoms with Crippen LogP contribution in [0.15, 0.2) is 66.7 Å². The molecule has 3 aromatic rings. The van der Waals surface area contributed by atoms with E-state index in [1.807, 2.05) is 43.3 Å². The summed E-state index contributed by atoms with van der Waals surface area (Å²) in [6, 6.07) is 23.0. The first kappa shape index (κ1) is 24.9. The number of allylic oxidation sites excluding steroid dienone is 1. The predicted molar refractivity (Wildman–Crippen MR) is 142 cm³/mol. The summed E-state index contributed by atoms with van der Waals surface area (Å²) in [4.78, 5) is 2.29. The Hall–Kier alpha value is -3.82. The molecule has 0 radical (unpaired) electrons. The van der Waals surface area contributed by atoms with Gasteiger partial charge in [0.1, 0.15) is 30.0 Å². The molecule has 2 aliphatic rings. The number of alkyl halides is 1. The summed E-state index contributed by atoms with van der Waals surface area (Å²) < 4.78 is 25.5. The van der Waals surface area contributed by atoms with Crippen molar-refractivity contribution in [2.75, 3.05) is 26.4 Å². The lowest BCUT2D eigenvalue weighted by atomic mass is 9.86. The molecule has 0 bridgehead atoms. The lowest BCUT2D eigenvalue weighted by Crippen LogP contribution is -2.35. The van der Waals surface area contributed by atoms with Crippen LogP contribution in [-0.2, 0) is 0 Å². The quantitative estimate of drug-likeness (QED) is 0.409. The van der Waals surface area contributed by atoms with Crippen LogP contribution in [0.3, 0.4) is 0 Å². The van der Waals surface area contributed by atoms with Crippen molar-refractivity contribution in [3.63, 3.8) is 0 Å². The van der Waals surface area contributed by atoms with Gasteiger partial charge in [-0.05, 0) is 86.0 Å². The third-order valence-corrected chi connectivity index (χ3v) is 7.44. The van der Waals surface area contributed by atoms with Crippen LogP contribution in [0.1, 0.15) is 48.6 Å². The molecule has 1 unspecified atom stereocenters. The van der Waals surface area contributed by atoms with Gasteiger partial charge in [0.2, 0.25) is 0 Å². The number of benzene rings is 3. The first-order valence-corrected chi connectivity index (χ1v) is 12.7. The molecule has 0 aromatic heterocycles. The number of nitriles is 1. The van der Waals surface area contributed by atoms with Crippen molar-refractivity contribution in [3.8, 4) is 23.3 Å². The minimum absolute atomic E-state index is 0.146.